The molecule has 0 atom stereocenters. The highest BCUT2D eigenvalue weighted by Gasteiger charge is 2.05. The zero-order chi connectivity index (χ0) is 12.1. The standard InChI is InChI=1S/C12H23N3O/c1-10(2)9-13-5-6-14-7-8-15(11(3)4)12(14)16/h7-8,10-11,13H,5-6,9H2,1-4H3. The van der Waals surface area contributed by atoms with Crippen molar-refractivity contribution in [3.8, 4) is 0 Å². The maximum absolute atomic E-state index is 11.8. The number of imidazole rings is 1. The lowest BCUT2D eigenvalue weighted by atomic mass is 10.2. The Labute approximate surface area is 97.3 Å². The van der Waals surface area contributed by atoms with Gasteiger partial charge >= 0.3 is 5.69 Å². The van der Waals surface area contributed by atoms with Crippen LogP contribution in [0.15, 0.2) is 17.2 Å². The molecule has 0 saturated carbocycles. The van der Waals surface area contributed by atoms with Crippen molar-refractivity contribution in [2.24, 2.45) is 5.92 Å². The Morgan fingerprint density at radius 1 is 1.25 bits per heavy atom. The molecular formula is C12H23N3O. The molecule has 0 unspecified atom stereocenters. The summed E-state index contributed by atoms with van der Waals surface area (Å²) in [5.74, 6) is 0.650. The first-order valence-corrected chi connectivity index (χ1v) is 6.00. The first-order valence-electron chi connectivity index (χ1n) is 6.00. The fourth-order valence-electron chi connectivity index (χ4n) is 1.58. The van der Waals surface area contributed by atoms with E-state index in [2.05, 4.69) is 19.2 Å². The third kappa shape index (κ3) is 3.52. The lowest BCUT2D eigenvalue weighted by Crippen LogP contribution is -2.30. The highest BCUT2D eigenvalue weighted by atomic mass is 16.1. The fraction of sp³-hybridized carbons (Fsp3) is 0.750. The summed E-state index contributed by atoms with van der Waals surface area (Å²) in [4.78, 5) is 11.8. The van der Waals surface area contributed by atoms with Gasteiger partial charge in [0, 0.05) is 31.5 Å². The van der Waals surface area contributed by atoms with Gasteiger partial charge in [-0.2, -0.15) is 0 Å². The van der Waals surface area contributed by atoms with E-state index in [1.165, 1.54) is 0 Å². The molecule has 1 N–H and O–H groups in total. The topological polar surface area (TPSA) is 39.0 Å². The van der Waals surface area contributed by atoms with Crippen LogP contribution in [0.3, 0.4) is 0 Å². The summed E-state index contributed by atoms with van der Waals surface area (Å²) >= 11 is 0. The number of rotatable bonds is 6. The molecule has 1 heterocycles. The van der Waals surface area contributed by atoms with Crippen molar-refractivity contribution in [3.63, 3.8) is 0 Å². The Kier molecular flexibility index (Phi) is 4.80. The smallest absolute Gasteiger partial charge is 0.315 e. The van der Waals surface area contributed by atoms with Gasteiger partial charge in [-0.1, -0.05) is 13.8 Å². The molecule has 0 bridgehead atoms. The van der Waals surface area contributed by atoms with Crippen LogP contribution in [0.25, 0.3) is 0 Å². The van der Waals surface area contributed by atoms with Gasteiger partial charge in [-0.3, -0.25) is 9.13 Å². The van der Waals surface area contributed by atoms with Crippen LogP contribution in [0.5, 0.6) is 0 Å². The second-order valence-electron chi connectivity index (χ2n) is 4.87. The molecular weight excluding hydrogens is 202 g/mol. The molecule has 0 aliphatic rings. The number of nitrogens with zero attached hydrogens (tertiary/aromatic N) is 2. The second kappa shape index (κ2) is 5.89. The molecule has 0 amide bonds. The summed E-state index contributed by atoms with van der Waals surface area (Å²) in [6.45, 7) is 11.0. The summed E-state index contributed by atoms with van der Waals surface area (Å²) in [6.07, 6.45) is 3.72. The summed E-state index contributed by atoms with van der Waals surface area (Å²) in [5, 5.41) is 3.33. The Bertz CT molecular complexity index is 363. The van der Waals surface area contributed by atoms with Crippen molar-refractivity contribution >= 4 is 0 Å². The van der Waals surface area contributed by atoms with Gasteiger partial charge in [-0.05, 0) is 26.3 Å². The Morgan fingerprint density at radius 3 is 2.44 bits per heavy atom. The zero-order valence-electron chi connectivity index (χ0n) is 10.7. The molecule has 0 spiro atoms. The van der Waals surface area contributed by atoms with Crippen LogP contribution in [0.1, 0.15) is 33.7 Å². The molecule has 1 aromatic rings. The van der Waals surface area contributed by atoms with Gasteiger partial charge in [-0.15, -0.1) is 0 Å². The van der Waals surface area contributed by atoms with Gasteiger partial charge in [0.1, 0.15) is 0 Å². The third-order valence-corrected chi connectivity index (χ3v) is 2.51. The highest BCUT2D eigenvalue weighted by Crippen LogP contribution is 1.98. The molecule has 0 saturated heterocycles. The first-order chi connectivity index (χ1) is 7.52. The van der Waals surface area contributed by atoms with Crippen LogP contribution < -0.4 is 11.0 Å². The van der Waals surface area contributed by atoms with Gasteiger partial charge in [-0.25, -0.2) is 4.79 Å². The first kappa shape index (κ1) is 13.0. The van der Waals surface area contributed by atoms with Crippen LogP contribution in [-0.4, -0.2) is 22.2 Å². The molecule has 4 nitrogen and oxygen atoms in total. The number of hydrogen-bond acceptors (Lipinski definition) is 2. The predicted octanol–water partition coefficient (Wildman–Crippen LogP) is 1.48. The van der Waals surface area contributed by atoms with Gasteiger partial charge in [0.25, 0.3) is 0 Å². The van der Waals surface area contributed by atoms with Crippen molar-refractivity contribution in [3.05, 3.63) is 22.9 Å². The minimum atomic E-state index is 0.0846. The molecule has 1 aromatic heterocycles. The number of hydrogen-bond donors (Lipinski definition) is 1. The van der Waals surface area contributed by atoms with Gasteiger partial charge in [0.2, 0.25) is 0 Å². The lowest BCUT2D eigenvalue weighted by molar-refractivity contribution is 0.506. The second-order valence-corrected chi connectivity index (χ2v) is 4.87. The van der Waals surface area contributed by atoms with Crippen molar-refractivity contribution in [2.75, 3.05) is 13.1 Å². The quantitative estimate of drug-likeness (QED) is 0.745. The predicted molar refractivity (Wildman–Crippen MR) is 66.8 cm³/mol. The van der Waals surface area contributed by atoms with Crippen molar-refractivity contribution in [1.82, 2.24) is 14.5 Å². The van der Waals surface area contributed by atoms with E-state index in [9.17, 15) is 4.79 Å². The Balaban J connectivity index is 2.46. The average Bonchev–Trinajstić information content (AvgIpc) is 2.54. The van der Waals surface area contributed by atoms with Gasteiger partial charge < -0.3 is 5.32 Å². The molecule has 0 radical (unpaired) electrons. The molecule has 4 heteroatoms. The van der Waals surface area contributed by atoms with Gasteiger partial charge in [0.15, 0.2) is 0 Å². The zero-order valence-corrected chi connectivity index (χ0v) is 10.7. The third-order valence-electron chi connectivity index (χ3n) is 2.51. The Hall–Kier alpha value is -1.03. The van der Waals surface area contributed by atoms with Gasteiger partial charge in [0.05, 0.1) is 0 Å². The van der Waals surface area contributed by atoms with E-state index >= 15 is 0 Å². The molecule has 0 aliphatic heterocycles. The minimum absolute atomic E-state index is 0.0846. The summed E-state index contributed by atoms with van der Waals surface area (Å²) in [6, 6.07) is 0.234. The Morgan fingerprint density at radius 2 is 1.94 bits per heavy atom. The monoisotopic (exact) mass is 225 g/mol. The van der Waals surface area contributed by atoms with E-state index in [1.807, 2.05) is 26.2 Å². The van der Waals surface area contributed by atoms with E-state index in [0.29, 0.717) is 5.92 Å². The highest BCUT2D eigenvalue weighted by molar-refractivity contribution is 4.83. The van der Waals surface area contributed by atoms with Crippen LogP contribution >= 0.6 is 0 Å². The summed E-state index contributed by atoms with van der Waals surface area (Å²) in [7, 11) is 0. The maximum Gasteiger partial charge on any atom is 0.328 e. The van der Waals surface area contributed by atoms with E-state index in [0.717, 1.165) is 19.6 Å². The summed E-state index contributed by atoms with van der Waals surface area (Å²) in [5.41, 5.74) is 0.0846. The van der Waals surface area contributed by atoms with Crippen molar-refractivity contribution in [1.29, 1.82) is 0 Å². The normalized spacial score (nSPS) is 11.6. The SMILES string of the molecule is CC(C)CNCCn1ccn(C(C)C)c1=O. The maximum atomic E-state index is 11.8. The van der Waals surface area contributed by atoms with E-state index in [1.54, 1.807) is 9.13 Å². The minimum Gasteiger partial charge on any atom is -0.315 e. The molecule has 0 aromatic carbocycles. The lowest BCUT2D eigenvalue weighted by Gasteiger charge is -2.07. The van der Waals surface area contributed by atoms with E-state index in [-0.39, 0.29) is 11.7 Å². The van der Waals surface area contributed by atoms with Crippen LogP contribution in [0.2, 0.25) is 0 Å². The molecule has 1 rings (SSSR count). The molecule has 0 fully saturated rings. The van der Waals surface area contributed by atoms with E-state index in [4.69, 9.17) is 0 Å². The average molecular weight is 225 g/mol. The molecule has 92 valence electrons. The van der Waals surface area contributed by atoms with E-state index < -0.39 is 0 Å². The number of nitrogens with one attached hydrogen (secondary N) is 1. The van der Waals surface area contributed by atoms with Crippen LogP contribution in [0.4, 0.5) is 0 Å². The fourth-order valence-corrected chi connectivity index (χ4v) is 1.58. The van der Waals surface area contributed by atoms with Crippen molar-refractivity contribution in [2.45, 2.75) is 40.3 Å². The largest absolute Gasteiger partial charge is 0.328 e. The number of aromatic nitrogens is 2. The molecule has 16 heavy (non-hydrogen) atoms. The molecule has 0 aliphatic carbocycles. The summed E-state index contributed by atoms with van der Waals surface area (Å²) < 4.78 is 3.51. The van der Waals surface area contributed by atoms with Crippen molar-refractivity contribution < 1.29 is 0 Å². The van der Waals surface area contributed by atoms with Crippen LogP contribution in [-0.2, 0) is 6.54 Å². The van der Waals surface area contributed by atoms with Crippen LogP contribution in [0, 0.1) is 5.92 Å².